The van der Waals surface area contributed by atoms with E-state index in [0.29, 0.717) is 12.8 Å². The molecule has 0 aromatic carbocycles. The highest BCUT2D eigenvalue weighted by Crippen LogP contribution is 2.26. The zero-order chi connectivity index (χ0) is 54.7. The number of nitrogens with one attached hydrogen (secondary N) is 1. The number of amides is 1. The van der Waals surface area contributed by atoms with E-state index in [1.54, 1.807) is 6.08 Å². The molecular weight excluding hydrogens is 943 g/mol. The second-order valence-corrected chi connectivity index (χ2v) is 20.5. The molecule has 1 aliphatic heterocycles. The molecule has 0 aliphatic carbocycles. The average Bonchev–Trinajstić information content (AvgIpc) is 3.41. The molecule has 75 heavy (non-hydrogen) atoms. The predicted molar refractivity (Wildman–Crippen MR) is 310 cm³/mol. The van der Waals surface area contributed by atoms with Gasteiger partial charge < -0.3 is 45.1 Å². The first kappa shape index (κ1) is 69.6. The van der Waals surface area contributed by atoms with Gasteiger partial charge in [0.15, 0.2) is 12.4 Å². The molecule has 0 bridgehead atoms. The van der Waals surface area contributed by atoms with E-state index in [1.807, 2.05) is 60.8 Å². The molecule has 1 saturated heterocycles. The third kappa shape index (κ3) is 39.6. The van der Waals surface area contributed by atoms with E-state index < -0.39 is 67.4 Å². The van der Waals surface area contributed by atoms with Gasteiger partial charge in [-0.2, -0.15) is 0 Å². The van der Waals surface area contributed by atoms with Crippen molar-refractivity contribution < 1.29 is 49.3 Å². The molecule has 11 heteroatoms. The smallest absolute Gasteiger partial charge is 0.306 e. The van der Waals surface area contributed by atoms with Crippen LogP contribution in [0.1, 0.15) is 233 Å². The number of ether oxygens (including phenoxy) is 3. The fraction of sp³-hybridized carbons (Fsp3) is 0.719. The van der Waals surface area contributed by atoms with Gasteiger partial charge >= 0.3 is 5.97 Å². The van der Waals surface area contributed by atoms with Crippen LogP contribution in [0.5, 0.6) is 0 Å². The summed E-state index contributed by atoms with van der Waals surface area (Å²) in [5.74, 6) is -1.25. The van der Waals surface area contributed by atoms with E-state index in [2.05, 4.69) is 56.5 Å². The molecule has 8 unspecified atom stereocenters. The van der Waals surface area contributed by atoms with Crippen molar-refractivity contribution in [1.82, 2.24) is 5.32 Å². The molecule has 1 rings (SSSR count). The van der Waals surface area contributed by atoms with Gasteiger partial charge in [-0.25, -0.2) is 0 Å². The summed E-state index contributed by atoms with van der Waals surface area (Å²) in [5, 5.41) is 56.8. The Bertz CT molecular complexity index is 1580. The number of aliphatic hydroxyl groups is 5. The number of hydrogen-bond donors (Lipinski definition) is 6. The summed E-state index contributed by atoms with van der Waals surface area (Å²) in [5.41, 5.74) is 0. The van der Waals surface area contributed by atoms with Gasteiger partial charge in [-0.3, -0.25) is 9.59 Å². The van der Waals surface area contributed by atoms with Crippen LogP contribution in [0.25, 0.3) is 0 Å². The molecule has 6 N–H and O–H groups in total. The number of rotatable bonds is 49. The molecule has 1 amide bonds. The molecule has 0 aromatic heterocycles. The highest BCUT2D eigenvalue weighted by Gasteiger charge is 2.47. The Morgan fingerprint density at radius 3 is 1.57 bits per heavy atom. The van der Waals surface area contributed by atoms with Gasteiger partial charge in [-0.15, -0.1) is 0 Å². The van der Waals surface area contributed by atoms with Crippen LogP contribution in [-0.4, -0.2) is 99.6 Å². The predicted octanol–water partition coefficient (Wildman–Crippen LogP) is 13.9. The molecule has 8 atom stereocenters. The Kier molecular flexibility index (Phi) is 47.6. The topological polar surface area (TPSA) is 175 Å². The van der Waals surface area contributed by atoms with Crippen LogP contribution >= 0.6 is 0 Å². The SMILES string of the molecule is CC/C=C/C=C/C=C\C=C/C=C/CCCCC(O)C(=O)NC(COC1OC(CO)C(O)C(O)C1OC(=O)CCCCCCCCCCCCC/C=C\C/C=C\CCCCC)C(O)/C=C/CCCCCCCCCCC. The van der Waals surface area contributed by atoms with Crippen molar-refractivity contribution in [1.29, 1.82) is 0 Å². The van der Waals surface area contributed by atoms with Gasteiger partial charge in [-0.1, -0.05) is 246 Å². The number of carbonyl (C=O) groups is 2. The van der Waals surface area contributed by atoms with E-state index in [4.69, 9.17) is 14.2 Å². The average molecular weight is 1050 g/mol. The third-order valence-electron chi connectivity index (χ3n) is 13.6. The standard InChI is InChI=1S/C64H109NO10/c1-4-7-10-13-16-19-22-24-26-27-28-29-30-31-32-34-37-40-43-46-49-52-59(69)75-62-61(71)60(70)58(53-66)74-64(62)73-54-55(56(67)50-47-44-41-38-35-21-18-15-12-9-6-3)65-63(72)57(68)51-48-45-42-39-36-33-25-23-20-17-14-11-8-5-2/h8,11,14,16-17,19-20,23-26,33,36,39,47,50,55-58,60-62,64,66-68,70-71H,4-7,9-10,12-13,15,18,21-22,27-32,34-35,37-38,40-46,48-49,51-54H2,1-3H3,(H,65,72)/b11-8+,17-14+,19-16-,23-20-,26-24-,33-25-,39-36+,50-47+. The molecule has 1 fully saturated rings. The van der Waals surface area contributed by atoms with Crippen LogP contribution in [0, 0.1) is 0 Å². The molecule has 11 nitrogen and oxygen atoms in total. The van der Waals surface area contributed by atoms with Gasteiger partial charge in [0.25, 0.3) is 0 Å². The molecule has 0 radical (unpaired) electrons. The summed E-state index contributed by atoms with van der Waals surface area (Å²) >= 11 is 0. The van der Waals surface area contributed by atoms with Gasteiger partial charge in [0.2, 0.25) is 5.91 Å². The van der Waals surface area contributed by atoms with E-state index >= 15 is 0 Å². The summed E-state index contributed by atoms with van der Waals surface area (Å²) in [6.45, 7) is 5.57. The quantitative estimate of drug-likeness (QED) is 0.0149. The zero-order valence-corrected chi connectivity index (χ0v) is 47.4. The zero-order valence-electron chi connectivity index (χ0n) is 47.4. The molecule has 1 heterocycles. The first-order valence-corrected chi connectivity index (χ1v) is 30.1. The van der Waals surface area contributed by atoms with E-state index in [1.165, 1.54) is 109 Å². The summed E-state index contributed by atoms with van der Waals surface area (Å²) in [4.78, 5) is 26.5. The molecule has 0 spiro atoms. The highest BCUT2D eigenvalue weighted by molar-refractivity contribution is 5.80. The van der Waals surface area contributed by atoms with Crippen molar-refractivity contribution in [2.45, 2.75) is 282 Å². The largest absolute Gasteiger partial charge is 0.454 e. The highest BCUT2D eigenvalue weighted by atomic mass is 16.7. The summed E-state index contributed by atoms with van der Waals surface area (Å²) in [7, 11) is 0. The second kappa shape index (κ2) is 51.3. The van der Waals surface area contributed by atoms with Gasteiger partial charge in [-0.05, 0) is 77.0 Å². The van der Waals surface area contributed by atoms with Crippen LogP contribution in [0.2, 0.25) is 0 Å². The van der Waals surface area contributed by atoms with Crippen molar-refractivity contribution in [3.05, 3.63) is 97.2 Å². The Morgan fingerprint density at radius 1 is 0.547 bits per heavy atom. The van der Waals surface area contributed by atoms with Gasteiger partial charge in [0, 0.05) is 6.42 Å². The lowest BCUT2D eigenvalue weighted by atomic mass is 9.99. The molecular formula is C64H109NO10. The maximum atomic E-state index is 13.4. The summed E-state index contributed by atoms with van der Waals surface area (Å²) in [6, 6.07) is -1.05. The Balaban J connectivity index is 2.68. The Morgan fingerprint density at radius 2 is 1.01 bits per heavy atom. The number of aliphatic hydroxyl groups excluding tert-OH is 5. The van der Waals surface area contributed by atoms with Crippen LogP contribution in [-0.2, 0) is 23.8 Å². The minimum absolute atomic E-state index is 0.111. The van der Waals surface area contributed by atoms with Crippen LogP contribution in [0.4, 0.5) is 0 Å². The minimum atomic E-state index is -1.63. The van der Waals surface area contributed by atoms with Crippen molar-refractivity contribution in [3.63, 3.8) is 0 Å². The lowest BCUT2D eigenvalue weighted by Gasteiger charge is -2.41. The number of allylic oxidation sites excluding steroid dienone is 15. The first-order chi connectivity index (χ1) is 36.7. The van der Waals surface area contributed by atoms with E-state index in [9.17, 15) is 35.1 Å². The van der Waals surface area contributed by atoms with Crippen molar-refractivity contribution in [2.75, 3.05) is 13.2 Å². The summed E-state index contributed by atoms with van der Waals surface area (Å²) in [6.07, 6.45) is 57.4. The maximum Gasteiger partial charge on any atom is 0.306 e. The normalized spacial score (nSPS) is 19.9. The van der Waals surface area contributed by atoms with Crippen molar-refractivity contribution in [3.8, 4) is 0 Å². The van der Waals surface area contributed by atoms with Crippen molar-refractivity contribution >= 4 is 11.9 Å². The third-order valence-corrected chi connectivity index (χ3v) is 13.6. The maximum absolute atomic E-state index is 13.4. The molecule has 430 valence electrons. The number of esters is 1. The first-order valence-electron chi connectivity index (χ1n) is 30.1. The van der Waals surface area contributed by atoms with Crippen LogP contribution in [0.3, 0.4) is 0 Å². The fourth-order valence-corrected chi connectivity index (χ4v) is 8.82. The molecule has 0 saturated carbocycles. The van der Waals surface area contributed by atoms with Crippen LogP contribution in [0.15, 0.2) is 97.2 Å². The minimum Gasteiger partial charge on any atom is -0.454 e. The number of unbranched alkanes of at least 4 members (excludes halogenated alkanes) is 25. The monoisotopic (exact) mass is 1050 g/mol. The fourth-order valence-electron chi connectivity index (χ4n) is 8.82. The molecule has 0 aromatic rings. The van der Waals surface area contributed by atoms with Gasteiger partial charge in [0.1, 0.15) is 24.4 Å². The lowest BCUT2D eigenvalue weighted by Crippen LogP contribution is -2.61. The lowest BCUT2D eigenvalue weighted by molar-refractivity contribution is -0.305. The van der Waals surface area contributed by atoms with E-state index in [0.717, 1.165) is 77.0 Å². The van der Waals surface area contributed by atoms with Crippen molar-refractivity contribution in [2.24, 2.45) is 0 Å². The second-order valence-electron chi connectivity index (χ2n) is 20.5. The van der Waals surface area contributed by atoms with E-state index in [-0.39, 0.29) is 19.4 Å². The number of carbonyl (C=O) groups excluding carboxylic acids is 2. The summed E-state index contributed by atoms with van der Waals surface area (Å²) < 4.78 is 17.6. The van der Waals surface area contributed by atoms with Crippen LogP contribution < -0.4 is 5.32 Å². The number of hydrogen-bond acceptors (Lipinski definition) is 10. The Labute approximate surface area is 456 Å². The molecule has 1 aliphatic rings. The van der Waals surface area contributed by atoms with Gasteiger partial charge in [0.05, 0.1) is 25.4 Å². The Hall–Kier alpha value is -3.42.